The molecule has 1 aliphatic heterocycles. The Morgan fingerprint density at radius 3 is 2.50 bits per heavy atom. The van der Waals surface area contributed by atoms with Crippen LogP contribution in [0.3, 0.4) is 0 Å². The highest BCUT2D eigenvalue weighted by Gasteiger charge is 2.27. The number of hydrogen-bond donors (Lipinski definition) is 3. The Morgan fingerprint density at radius 2 is 1.83 bits per heavy atom. The summed E-state index contributed by atoms with van der Waals surface area (Å²) in [5.41, 5.74) is 0. The summed E-state index contributed by atoms with van der Waals surface area (Å²) in [7, 11) is 0. The quantitative estimate of drug-likeness (QED) is 0.505. The lowest BCUT2D eigenvalue weighted by Gasteiger charge is -2.27. The summed E-state index contributed by atoms with van der Waals surface area (Å²) in [4.78, 5) is 22.6. The number of thiocarbonyl (C=S) groups is 1. The zero-order valence-electron chi connectivity index (χ0n) is 10.3. The molecule has 1 saturated heterocycles. The highest BCUT2D eigenvalue weighted by atomic mass is 32.1. The highest BCUT2D eigenvalue weighted by molar-refractivity contribution is 7.80. The fourth-order valence-electron chi connectivity index (χ4n) is 2.46. The molecule has 2 aliphatic rings. The monoisotopic (exact) mass is 269 g/mol. The molecule has 2 rings (SSSR count). The number of amides is 2. The van der Waals surface area contributed by atoms with Crippen LogP contribution in [0.1, 0.15) is 44.9 Å². The number of rotatable bonds is 2. The van der Waals surface area contributed by atoms with Crippen molar-refractivity contribution in [2.24, 2.45) is 0 Å². The summed E-state index contributed by atoms with van der Waals surface area (Å²) in [5, 5.41) is 9.08. The maximum Gasteiger partial charge on any atom is 0.249 e. The number of piperidine rings is 1. The third kappa shape index (κ3) is 3.66. The number of hydrogen-bond acceptors (Lipinski definition) is 3. The molecule has 18 heavy (non-hydrogen) atoms. The van der Waals surface area contributed by atoms with Crippen molar-refractivity contribution in [1.82, 2.24) is 16.0 Å². The van der Waals surface area contributed by atoms with Crippen molar-refractivity contribution in [1.29, 1.82) is 0 Å². The van der Waals surface area contributed by atoms with E-state index in [2.05, 4.69) is 16.0 Å². The normalized spacial score (nSPS) is 25.4. The first-order valence-electron chi connectivity index (χ1n) is 6.56. The van der Waals surface area contributed by atoms with Gasteiger partial charge in [0.15, 0.2) is 5.11 Å². The van der Waals surface area contributed by atoms with Gasteiger partial charge in [0.25, 0.3) is 0 Å². The van der Waals surface area contributed by atoms with Crippen LogP contribution in [0, 0.1) is 0 Å². The second kappa shape index (κ2) is 6.13. The van der Waals surface area contributed by atoms with Crippen molar-refractivity contribution in [3.05, 3.63) is 0 Å². The number of carbonyl (C=O) groups excluding carboxylic acids is 2. The summed E-state index contributed by atoms with van der Waals surface area (Å²) in [5.74, 6) is -0.483. The molecule has 2 amide bonds. The van der Waals surface area contributed by atoms with Gasteiger partial charge in [-0.2, -0.15) is 0 Å². The first-order chi connectivity index (χ1) is 8.65. The van der Waals surface area contributed by atoms with E-state index in [9.17, 15) is 9.59 Å². The molecule has 0 spiro atoms. The Bertz CT molecular complexity index is 353. The van der Waals surface area contributed by atoms with E-state index in [4.69, 9.17) is 12.2 Å². The molecule has 1 unspecified atom stereocenters. The Hall–Kier alpha value is -1.17. The molecule has 0 aromatic rings. The van der Waals surface area contributed by atoms with E-state index in [1.807, 2.05) is 0 Å². The molecule has 6 heteroatoms. The summed E-state index contributed by atoms with van der Waals surface area (Å²) < 4.78 is 0. The van der Waals surface area contributed by atoms with E-state index in [0.29, 0.717) is 24.0 Å². The van der Waals surface area contributed by atoms with Crippen LogP contribution in [-0.2, 0) is 9.59 Å². The minimum absolute atomic E-state index is 0.204. The molecular weight excluding hydrogens is 250 g/mol. The topological polar surface area (TPSA) is 70.2 Å². The molecule has 5 nitrogen and oxygen atoms in total. The van der Waals surface area contributed by atoms with Crippen molar-refractivity contribution < 1.29 is 9.59 Å². The first-order valence-corrected chi connectivity index (χ1v) is 6.96. The number of carbonyl (C=O) groups is 2. The molecule has 0 aromatic carbocycles. The van der Waals surface area contributed by atoms with Crippen LogP contribution in [0.15, 0.2) is 0 Å². The third-order valence-corrected chi connectivity index (χ3v) is 3.72. The van der Waals surface area contributed by atoms with Gasteiger partial charge in [0.2, 0.25) is 11.8 Å². The van der Waals surface area contributed by atoms with Crippen molar-refractivity contribution in [2.75, 3.05) is 0 Å². The van der Waals surface area contributed by atoms with Gasteiger partial charge in [-0.25, -0.2) is 0 Å². The Balaban J connectivity index is 1.76. The Labute approximate surface area is 112 Å². The van der Waals surface area contributed by atoms with E-state index in [0.717, 1.165) is 12.8 Å². The first kappa shape index (κ1) is 13.3. The summed E-state index contributed by atoms with van der Waals surface area (Å²) in [6.07, 6.45) is 6.92. The lowest BCUT2D eigenvalue weighted by molar-refractivity contribution is -0.134. The lowest BCUT2D eigenvalue weighted by atomic mass is 9.96. The van der Waals surface area contributed by atoms with Crippen molar-refractivity contribution in [3.8, 4) is 0 Å². The van der Waals surface area contributed by atoms with Gasteiger partial charge in [0.05, 0.1) is 0 Å². The van der Waals surface area contributed by atoms with Crippen molar-refractivity contribution in [3.63, 3.8) is 0 Å². The molecule has 0 bridgehead atoms. The molecule has 0 aromatic heterocycles. The van der Waals surface area contributed by atoms with Crippen LogP contribution in [0.25, 0.3) is 0 Å². The standard InChI is InChI=1S/C12H19N3O2S/c16-10-7-6-9(11(17)15-10)14-12(18)13-8-4-2-1-3-5-8/h8-9H,1-7H2,(H2,13,14,18)(H,15,16,17). The van der Waals surface area contributed by atoms with Gasteiger partial charge in [-0.3, -0.25) is 14.9 Å². The van der Waals surface area contributed by atoms with Gasteiger partial charge >= 0.3 is 0 Å². The zero-order chi connectivity index (χ0) is 13.0. The molecule has 1 aliphatic carbocycles. The smallest absolute Gasteiger partial charge is 0.249 e. The fraction of sp³-hybridized carbons (Fsp3) is 0.750. The van der Waals surface area contributed by atoms with Crippen molar-refractivity contribution >= 4 is 29.1 Å². The minimum Gasteiger partial charge on any atom is -0.360 e. The van der Waals surface area contributed by atoms with E-state index >= 15 is 0 Å². The second-order valence-electron chi connectivity index (χ2n) is 4.96. The molecule has 1 saturated carbocycles. The molecular formula is C12H19N3O2S. The van der Waals surface area contributed by atoms with Gasteiger partial charge in [0, 0.05) is 12.5 Å². The maximum atomic E-state index is 11.6. The van der Waals surface area contributed by atoms with Crippen LogP contribution in [0.4, 0.5) is 0 Å². The molecule has 100 valence electrons. The van der Waals surface area contributed by atoms with E-state index < -0.39 is 0 Å². The predicted molar refractivity (Wildman–Crippen MR) is 71.9 cm³/mol. The van der Waals surface area contributed by atoms with Gasteiger partial charge in [-0.1, -0.05) is 19.3 Å². The second-order valence-corrected chi connectivity index (χ2v) is 5.36. The molecule has 0 radical (unpaired) electrons. The van der Waals surface area contributed by atoms with E-state index in [1.54, 1.807) is 0 Å². The van der Waals surface area contributed by atoms with Gasteiger partial charge in [-0.05, 0) is 31.5 Å². The van der Waals surface area contributed by atoms with E-state index in [-0.39, 0.29) is 17.9 Å². The SMILES string of the molecule is O=C1CCC(NC(=S)NC2CCCCC2)C(=O)N1. The molecule has 1 heterocycles. The van der Waals surface area contributed by atoms with Crippen molar-refractivity contribution in [2.45, 2.75) is 57.0 Å². The summed E-state index contributed by atoms with van der Waals surface area (Å²) in [6, 6.07) is 0.0401. The van der Waals surface area contributed by atoms with Gasteiger partial charge in [-0.15, -0.1) is 0 Å². The molecule has 1 atom stereocenters. The average Bonchev–Trinajstić information content (AvgIpc) is 2.34. The molecule has 3 N–H and O–H groups in total. The average molecular weight is 269 g/mol. The minimum atomic E-state index is -0.383. The van der Waals surface area contributed by atoms with Crippen LogP contribution in [-0.4, -0.2) is 29.0 Å². The van der Waals surface area contributed by atoms with E-state index in [1.165, 1.54) is 19.3 Å². The lowest BCUT2D eigenvalue weighted by Crippen LogP contribution is -2.55. The Kier molecular flexibility index (Phi) is 4.52. The maximum absolute atomic E-state index is 11.6. The Morgan fingerprint density at radius 1 is 1.11 bits per heavy atom. The molecule has 2 fully saturated rings. The predicted octanol–water partition coefficient (Wildman–Crippen LogP) is 0.588. The fourth-order valence-corrected chi connectivity index (χ4v) is 2.77. The zero-order valence-corrected chi connectivity index (χ0v) is 11.1. The summed E-state index contributed by atoms with van der Waals surface area (Å²) >= 11 is 5.21. The van der Waals surface area contributed by atoms with Gasteiger partial charge in [0.1, 0.15) is 6.04 Å². The van der Waals surface area contributed by atoms with Crippen LogP contribution < -0.4 is 16.0 Å². The van der Waals surface area contributed by atoms with Crippen LogP contribution >= 0.6 is 12.2 Å². The highest BCUT2D eigenvalue weighted by Crippen LogP contribution is 2.17. The van der Waals surface area contributed by atoms with Gasteiger partial charge < -0.3 is 10.6 Å². The largest absolute Gasteiger partial charge is 0.360 e. The number of imide groups is 1. The van der Waals surface area contributed by atoms with Crippen LogP contribution in [0.2, 0.25) is 0 Å². The third-order valence-electron chi connectivity index (χ3n) is 3.48. The number of nitrogens with one attached hydrogen (secondary N) is 3. The summed E-state index contributed by atoms with van der Waals surface area (Å²) in [6.45, 7) is 0. The van der Waals surface area contributed by atoms with Crippen LogP contribution in [0.5, 0.6) is 0 Å².